The SMILES string of the molecule is Cc1cc(-c2nc(C)n(CC(C)(C)O)n2)cc(C)c1-c1ccc(F)c2c1CC[C@H]2Oc1ccc([C@H]2C[C@@H]2C(=O)O)cc1. The summed E-state index contributed by atoms with van der Waals surface area (Å²) < 4.78 is 23.3. The third-order valence-corrected chi connectivity index (χ3v) is 8.43. The van der Waals surface area contributed by atoms with Gasteiger partial charge in [0.15, 0.2) is 5.82 Å². The number of halogens is 1. The molecule has 1 saturated carbocycles. The van der Waals surface area contributed by atoms with Crippen LogP contribution in [0.3, 0.4) is 0 Å². The predicted molar refractivity (Wildman–Crippen MR) is 158 cm³/mol. The van der Waals surface area contributed by atoms with Gasteiger partial charge in [-0.05, 0) is 124 Å². The van der Waals surface area contributed by atoms with E-state index in [4.69, 9.17) is 4.74 Å². The van der Waals surface area contributed by atoms with Crippen LogP contribution in [0.5, 0.6) is 5.75 Å². The van der Waals surface area contributed by atoms with Crippen molar-refractivity contribution in [2.75, 3.05) is 0 Å². The summed E-state index contributed by atoms with van der Waals surface area (Å²) >= 11 is 0. The minimum atomic E-state index is -0.901. The lowest BCUT2D eigenvalue weighted by Crippen LogP contribution is -2.27. The average Bonchev–Trinajstić information content (AvgIpc) is 3.50. The van der Waals surface area contributed by atoms with E-state index in [2.05, 4.69) is 36.1 Å². The topological polar surface area (TPSA) is 97.5 Å². The van der Waals surface area contributed by atoms with E-state index in [-0.39, 0.29) is 17.7 Å². The molecule has 1 heterocycles. The van der Waals surface area contributed by atoms with E-state index in [0.717, 1.165) is 44.8 Å². The van der Waals surface area contributed by atoms with Crippen molar-refractivity contribution < 1.29 is 24.1 Å². The maximum absolute atomic E-state index is 15.3. The molecule has 42 heavy (non-hydrogen) atoms. The van der Waals surface area contributed by atoms with Crippen molar-refractivity contribution in [1.82, 2.24) is 14.8 Å². The molecule has 3 atom stereocenters. The number of benzene rings is 3. The number of fused-ring (bicyclic) bond motifs is 1. The number of aliphatic carboxylic acids is 1. The summed E-state index contributed by atoms with van der Waals surface area (Å²) in [6.45, 7) is 9.84. The molecule has 1 aromatic heterocycles. The average molecular weight is 570 g/mol. The van der Waals surface area contributed by atoms with Gasteiger partial charge in [0.1, 0.15) is 23.5 Å². The van der Waals surface area contributed by atoms with Crippen molar-refractivity contribution in [2.24, 2.45) is 5.92 Å². The number of nitrogens with zero attached hydrogens (tertiary/aromatic N) is 3. The zero-order valence-electron chi connectivity index (χ0n) is 24.6. The molecule has 0 bridgehead atoms. The van der Waals surface area contributed by atoms with Crippen LogP contribution in [0.25, 0.3) is 22.5 Å². The Labute approximate surface area is 245 Å². The minimum absolute atomic E-state index is 0.0600. The van der Waals surface area contributed by atoms with Crippen LogP contribution in [0.2, 0.25) is 0 Å². The van der Waals surface area contributed by atoms with Crippen LogP contribution in [0.1, 0.15) is 72.4 Å². The number of aromatic nitrogens is 3. The Morgan fingerprint density at radius 1 is 1.10 bits per heavy atom. The molecule has 0 radical (unpaired) electrons. The van der Waals surface area contributed by atoms with Crippen LogP contribution >= 0.6 is 0 Å². The number of aryl methyl sites for hydroxylation is 3. The van der Waals surface area contributed by atoms with Crippen LogP contribution in [-0.2, 0) is 17.8 Å². The second-order valence-corrected chi connectivity index (χ2v) is 12.4. The van der Waals surface area contributed by atoms with Crippen molar-refractivity contribution in [3.63, 3.8) is 0 Å². The van der Waals surface area contributed by atoms with E-state index in [1.54, 1.807) is 18.5 Å². The van der Waals surface area contributed by atoms with E-state index >= 15 is 4.39 Å². The molecule has 0 aliphatic heterocycles. The Morgan fingerprint density at radius 2 is 1.79 bits per heavy atom. The molecule has 2 aliphatic carbocycles. The van der Waals surface area contributed by atoms with Crippen LogP contribution in [0.15, 0.2) is 48.5 Å². The summed E-state index contributed by atoms with van der Waals surface area (Å²) in [4.78, 5) is 15.9. The van der Waals surface area contributed by atoms with Gasteiger partial charge in [0.05, 0.1) is 18.1 Å². The summed E-state index contributed by atoms with van der Waals surface area (Å²) in [5.74, 6) is 0.739. The summed E-state index contributed by atoms with van der Waals surface area (Å²) in [5.41, 5.74) is 6.77. The highest BCUT2D eigenvalue weighted by atomic mass is 19.1. The van der Waals surface area contributed by atoms with Gasteiger partial charge in [-0.25, -0.2) is 14.1 Å². The van der Waals surface area contributed by atoms with Gasteiger partial charge >= 0.3 is 5.97 Å². The van der Waals surface area contributed by atoms with Gasteiger partial charge in [-0.15, -0.1) is 0 Å². The standard InChI is InChI=1S/C34H36FN3O4/c1-18-14-22(32-36-20(3)38(37-32)17-34(4,5)41)15-19(2)30(18)24-10-12-28(35)31-25(24)11-13-29(31)42-23-8-6-21(7-9-23)26-16-27(26)33(39)40/h6-10,12,14-15,26-27,29,41H,11,13,16-17H2,1-5H3,(H,39,40)/t26-,27+,29-/m1/s1. The third kappa shape index (κ3) is 5.31. The van der Waals surface area contributed by atoms with Crippen LogP contribution in [0, 0.1) is 32.5 Å². The van der Waals surface area contributed by atoms with Gasteiger partial charge in [-0.2, -0.15) is 5.10 Å². The lowest BCUT2D eigenvalue weighted by Gasteiger charge is -2.19. The van der Waals surface area contributed by atoms with Gasteiger partial charge in [0.25, 0.3) is 0 Å². The molecule has 7 nitrogen and oxygen atoms in total. The predicted octanol–water partition coefficient (Wildman–Crippen LogP) is 6.70. The maximum Gasteiger partial charge on any atom is 0.307 e. The number of rotatable bonds is 8. The smallest absolute Gasteiger partial charge is 0.307 e. The molecule has 2 aliphatic rings. The number of carboxylic acid groups (broad SMARTS) is 1. The fourth-order valence-corrected chi connectivity index (χ4v) is 6.40. The monoisotopic (exact) mass is 569 g/mol. The Morgan fingerprint density at radius 3 is 2.40 bits per heavy atom. The molecule has 3 aromatic carbocycles. The van der Waals surface area contributed by atoms with E-state index < -0.39 is 17.7 Å². The summed E-state index contributed by atoms with van der Waals surface area (Å²) in [5, 5.41) is 24.1. The van der Waals surface area contributed by atoms with Crippen molar-refractivity contribution in [3.8, 4) is 28.3 Å². The zero-order valence-corrected chi connectivity index (χ0v) is 24.6. The first kappa shape index (κ1) is 28.1. The molecule has 8 heteroatoms. The molecular weight excluding hydrogens is 533 g/mol. The fourth-order valence-electron chi connectivity index (χ4n) is 6.40. The highest BCUT2D eigenvalue weighted by Gasteiger charge is 2.44. The molecular formula is C34H36FN3O4. The normalized spacial score (nSPS) is 19.5. The van der Waals surface area contributed by atoms with Gasteiger partial charge in [0.2, 0.25) is 0 Å². The maximum atomic E-state index is 15.3. The number of carboxylic acids is 1. The molecule has 4 aromatic rings. The van der Waals surface area contributed by atoms with Crippen LogP contribution in [-0.4, -0.2) is 36.5 Å². The number of hydrogen-bond donors (Lipinski definition) is 2. The van der Waals surface area contributed by atoms with Crippen molar-refractivity contribution in [3.05, 3.63) is 88.0 Å². The number of aliphatic hydroxyl groups is 1. The number of hydrogen-bond acceptors (Lipinski definition) is 5. The first-order chi connectivity index (χ1) is 19.9. The van der Waals surface area contributed by atoms with Gasteiger partial charge in [-0.1, -0.05) is 18.2 Å². The molecule has 0 spiro atoms. The van der Waals surface area contributed by atoms with Crippen molar-refractivity contribution in [1.29, 1.82) is 0 Å². The molecule has 2 N–H and O–H groups in total. The largest absolute Gasteiger partial charge is 0.486 e. The van der Waals surface area contributed by atoms with Crippen molar-refractivity contribution in [2.45, 2.75) is 78.0 Å². The number of ether oxygens (including phenoxy) is 1. The number of carbonyl (C=O) groups is 1. The van der Waals surface area contributed by atoms with E-state index in [9.17, 15) is 15.0 Å². The van der Waals surface area contributed by atoms with Crippen LogP contribution < -0.4 is 4.74 Å². The fraction of sp³-hybridized carbons (Fsp3) is 0.382. The molecule has 218 valence electrons. The molecule has 1 fully saturated rings. The summed E-state index contributed by atoms with van der Waals surface area (Å²) in [6.07, 6.45) is 1.65. The van der Waals surface area contributed by atoms with E-state index in [1.807, 2.05) is 37.3 Å². The third-order valence-electron chi connectivity index (χ3n) is 8.43. The first-order valence-electron chi connectivity index (χ1n) is 14.5. The Bertz CT molecular complexity index is 1660. The van der Waals surface area contributed by atoms with Gasteiger partial charge in [0, 0.05) is 11.1 Å². The molecule has 0 unspecified atom stereocenters. The lowest BCUT2D eigenvalue weighted by atomic mass is 9.89. The van der Waals surface area contributed by atoms with Gasteiger partial charge < -0.3 is 14.9 Å². The first-order valence-corrected chi connectivity index (χ1v) is 14.5. The molecule has 6 rings (SSSR count). The van der Waals surface area contributed by atoms with Gasteiger partial charge in [-0.3, -0.25) is 4.79 Å². The van der Waals surface area contributed by atoms with Crippen molar-refractivity contribution >= 4 is 5.97 Å². The highest BCUT2D eigenvalue weighted by molar-refractivity contribution is 5.78. The molecule has 0 amide bonds. The zero-order chi connectivity index (χ0) is 29.9. The quantitative estimate of drug-likeness (QED) is 0.245. The second kappa shape index (κ2) is 10.3. The van der Waals surface area contributed by atoms with Crippen LogP contribution in [0.4, 0.5) is 4.39 Å². The Hall–Kier alpha value is -4.04. The summed E-state index contributed by atoms with van der Waals surface area (Å²) in [7, 11) is 0. The van der Waals surface area contributed by atoms with E-state index in [0.29, 0.717) is 42.9 Å². The minimum Gasteiger partial charge on any atom is -0.486 e. The van der Waals surface area contributed by atoms with E-state index in [1.165, 1.54) is 6.07 Å². The highest BCUT2D eigenvalue weighted by Crippen LogP contribution is 2.48. The Kier molecular flexibility index (Phi) is 6.92. The second-order valence-electron chi connectivity index (χ2n) is 12.4. The Balaban J connectivity index is 1.27. The molecule has 0 saturated heterocycles. The summed E-state index contributed by atoms with van der Waals surface area (Å²) in [6, 6.07) is 15.1. The lowest BCUT2D eigenvalue weighted by molar-refractivity contribution is -0.138.